The van der Waals surface area contributed by atoms with Crippen LogP contribution in [0.2, 0.25) is 0 Å². The number of benzene rings is 2. The average molecular weight is 507 g/mol. The third kappa shape index (κ3) is 4.31. The number of fused-ring (bicyclic) bond motifs is 3. The van der Waals surface area contributed by atoms with E-state index in [2.05, 4.69) is 15.3 Å². The second-order valence-electron chi connectivity index (χ2n) is 9.11. The molecule has 5 nitrogen and oxygen atoms in total. The maximum absolute atomic E-state index is 15.2. The fourth-order valence-electron chi connectivity index (χ4n) is 4.81. The zero-order chi connectivity index (χ0) is 25.8. The van der Waals surface area contributed by atoms with E-state index in [1.807, 2.05) is 0 Å². The Balaban J connectivity index is 1.58. The van der Waals surface area contributed by atoms with Crippen molar-refractivity contribution >= 4 is 28.2 Å². The molecule has 0 aliphatic carbocycles. The van der Waals surface area contributed by atoms with Crippen molar-refractivity contribution in [3.8, 4) is 0 Å². The van der Waals surface area contributed by atoms with Gasteiger partial charge in [-0.3, -0.25) is 4.40 Å². The van der Waals surface area contributed by atoms with E-state index >= 15 is 4.39 Å². The molecule has 0 bridgehead atoms. The summed E-state index contributed by atoms with van der Waals surface area (Å²) in [5, 5.41) is 3.66. The molecule has 36 heavy (non-hydrogen) atoms. The van der Waals surface area contributed by atoms with Crippen molar-refractivity contribution in [1.82, 2.24) is 14.4 Å². The molecular weight excluding hydrogens is 484 g/mol. The molecule has 5 rings (SSSR count). The maximum Gasteiger partial charge on any atom is 0.416 e. The van der Waals surface area contributed by atoms with Gasteiger partial charge >= 0.3 is 6.18 Å². The van der Waals surface area contributed by atoms with Gasteiger partial charge in [0.25, 0.3) is 5.92 Å². The van der Waals surface area contributed by atoms with Crippen LogP contribution in [0.15, 0.2) is 42.7 Å². The molecule has 3 heterocycles. The van der Waals surface area contributed by atoms with Crippen LogP contribution < -0.4 is 10.2 Å². The summed E-state index contributed by atoms with van der Waals surface area (Å²) in [4.78, 5) is 10.3. The van der Waals surface area contributed by atoms with Crippen LogP contribution in [0.4, 0.5) is 37.8 Å². The van der Waals surface area contributed by atoms with Gasteiger partial charge in [-0.1, -0.05) is 12.1 Å². The molecule has 4 aromatic rings. The number of halogens is 6. The highest BCUT2D eigenvalue weighted by molar-refractivity contribution is 5.94. The zero-order valence-electron chi connectivity index (χ0n) is 19.5. The number of hydrogen-bond donors (Lipinski definition) is 1. The van der Waals surface area contributed by atoms with Crippen molar-refractivity contribution in [2.24, 2.45) is 0 Å². The number of piperidine rings is 1. The van der Waals surface area contributed by atoms with Crippen molar-refractivity contribution in [3.05, 3.63) is 65.2 Å². The third-order valence-corrected chi connectivity index (χ3v) is 6.75. The van der Waals surface area contributed by atoms with Gasteiger partial charge in [0.15, 0.2) is 0 Å². The molecule has 190 valence electrons. The quantitative estimate of drug-likeness (QED) is 0.310. The summed E-state index contributed by atoms with van der Waals surface area (Å²) < 4.78 is 84.4. The highest BCUT2D eigenvalue weighted by Gasteiger charge is 2.35. The Hall–Kier alpha value is -3.50. The lowest BCUT2D eigenvalue weighted by atomic mass is 9.97. The fourth-order valence-corrected chi connectivity index (χ4v) is 4.81. The molecule has 0 radical (unpaired) electrons. The molecule has 1 fully saturated rings. The standard InChI is InChI=1S/C25H23F6N5/c1-14-16(4-3-5-18(14)25(29,30)31)15(2)33-22-17-12-21(35-9-6-24(27,28)7-10-35)19(26)13-20(17)36-11-8-32-23(36)34-22/h3-5,8,11-13,15H,6-7,9-10H2,1-2H3,(H,32,33,34). The Morgan fingerprint density at radius 3 is 2.53 bits per heavy atom. The predicted octanol–water partition coefficient (Wildman–Crippen LogP) is 6.76. The third-order valence-electron chi connectivity index (χ3n) is 6.75. The number of rotatable bonds is 4. The summed E-state index contributed by atoms with van der Waals surface area (Å²) >= 11 is 0. The van der Waals surface area contributed by atoms with E-state index in [1.54, 1.807) is 34.6 Å². The molecular formula is C25H23F6N5. The summed E-state index contributed by atoms with van der Waals surface area (Å²) in [7, 11) is 0. The lowest BCUT2D eigenvalue weighted by molar-refractivity contribution is -0.138. The SMILES string of the molecule is Cc1c(C(C)Nc2nc3nccn3c3cc(F)c(N4CCC(F)(F)CC4)cc23)cccc1C(F)(F)F. The summed E-state index contributed by atoms with van der Waals surface area (Å²) in [6, 6.07) is 6.27. The molecule has 1 aliphatic rings. The summed E-state index contributed by atoms with van der Waals surface area (Å²) in [5.41, 5.74) is 0.420. The van der Waals surface area contributed by atoms with Crippen LogP contribution in [-0.4, -0.2) is 33.4 Å². The van der Waals surface area contributed by atoms with Gasteiger partial charge in [-0.05, 0) is 37.1 Å². The number of hydrogen-bond acceptors (Lipinski definition) is 4. The monoisotopic (exact) mass is 507 g/mol. The van der Waals surface area contributed by atoms with Crippen LogP contribution in [0.25, 0.3) is 16.7 Å². The van der Waals surface area contributed by atoms with Crippen LogP contribution in [0.1, 0.15) is 42.5 Å². The molecule has 11 heteroatoms. The van der Waals surface area contributed by atoms with Crippen molar-refractivity contribution in [2.45, 2.75) is 44.8 Å². The topological polar surface area (TPSA) is 45.5 Å². The first-order valence-corrected chi connectivity index (χ1v) is 11.5. The van der Waals surface area contributed by atoms with E-state index in [9.17, 15) is 22.0 Å². The molecule has 1 N–H and O–H groups in total. The van der Waals surface area contributed by atoms with Gasteiger partial charge < -0.3 is 10.2 Å². The summed E-state index contributed by atoms with van der Waals surface area (Å²) in [6.45, 7) is 3.12. The number of nitrogens with one attached hydrogen (secondary N) is 1. The van der Waals surface area contributed by atoms with Crippen LogP contribution >= 0.6 is 0 Å². The maximum atomic E-state index is 15.2. The van der Waals surface area contributed by atoms with Crippen LogP contribution in [0, 0.1) is 12.7 Å². The van der Waals surface area contributed by atoms with Gasteiger partial charge in [0.05, 0.1) is 22.8 Å². The molecule has 2 aromatic heterocycles. The van der Waals surface area contributed by atoms with Crippen LogP contribution in [0.5, 0.6) is 0 Å². The second-order valence-corrected chi connectivity index (χ2v) is 9.11. The lowest BCUT2D eigenvalue weighted by Gasteiger charge is -2.33. The zero-order valence-corrected chi connectivity index (χ0v) is 19.5. The summed E-state index contributed by atoms with van der Waals surface area (Å²) in [6.07, 6.45) is -2.11. The molecule has 1 saturated heterocycles. The second kappa shape index (κ2) is 8.56. The van der Waals surface area contributed by atoms with E-state index in [0.717, 1.165) is 6.07 Å². The van der Waals surface area contributed by atoms with Gasteiger partial charge in [-0.15, -0.1) is 0 Å². The van der Waals surface area contributed by atoms with Gasteiger partial charge in [-0.2, -0.15) is 18.2 Å². The van der Waals surface area contributed by atoms with E-state index in [-0.39, 0.29) is 43.0 Å². The Labute approximate surface area is 202 Å². The first-order chi connectivity index (χ1) is 16.9. The Kier molecular flexibility index (Phi) is 5.76. The normalized spacial score (nSPS) is 17.1. The Morgan fingerprint density at radius 1 is 1.11 bits per heavy atom. The van der Waals surface area contributed by atoms with Crippen molar-refractivity contribution in [2.75, 3.05) is 23.3 Å². The van der Waals surface area contributed by atoms with Gasteiger partial charge in [0.1, 0.15) is 11.6 Å². The van der Waals surface area contributed by atoms with E-state index in [4.69, 9.17) is 0 Å². The number of aromatic nitrogens is 3. The smallest absolute Gasteiger partial charge is 0.369 e. The molecule has 1 unspecified atom stereocenters. The van der Waals surface area contributed by atoms with Gasteiger partial charge in [0, 0.05) is 49.8 Å². The van der Waals surface area contributed by atoms with E-state index < -0.39 is 29.5 Å². The van der Waals surface area contributed by atoms with Crippen LogP contribution in [-0.2, 0) is 6.18 Å². The fraction of sp³-hybridized carbons (Fsp3) is 0.360. The van der Waals surface area contributed by atoms with Crippen molar-refractivity contribution < 1.29 is 26.3 Å². The highest BCUT2D eigenvalue weighted by atomic mass is 19.4. The van der Waals surface area contributed by atoms with E-state index in [1.165, 1.54) is 25.3 Å². The Bertz CT molecular complexity index is 1430. The first-order valence-electron chi connectivity index (χ1n) is 11.5. The number of alkyl halides is 5. The van der Waals surface area contributed by atoms with Crippen molar-refractivity contribution in [1.29, 1.82) is 0 Å². The van der Waals surface area contributed by atoms with E-state index in [0.29, 0.717) is 22.3 Å². The largest absolute Gasteiger partial charge is 0.416 e. The predicted molar refractivity (Wildman–Crippen MR) is 125 cm³/mol. The molecule has 1 aliphatic heterocycles. The number of nitrogens with zero attached hydrogens (tertiary/aromatic N) is 4. The molecule has 2 aromatic carbocycles. The van der Waals surface area contributed by atoms with Gasteiger partial charge in [-0.25, -0.2) is 18.2 Å². The number of imidazole rings is 1. The van der Waals surface area contributed by atoms with Gasteiger partial charge in [0.2, 0.25) is 5.78 Å². The molecule has 0 spiro atoms. The summed E-state index contributed by atoms with van der Waals surface area (Å²) in [5.74, 6) is -2.76. The first kappa shape index (κ1) is 24.2. The highest BCUT2D eigenvalue weighted by Crippen LogP contribution is 2.38. The molecule has 1 atom stereocenters. The van der Waals surface area contributed by atoms with Crippen LogP contribution in [0.3, 0.4) is 0 Å². The number of anilines is 2. The molecule has 0 saturated carbocycles. The minimum atomic E-state index is -4.49. The lowest BCUT2D eigenvalue weighted by Crippen LogP contribution is -2.39. The minimum absolute atomic E-state index is 0.00122. The molecule has 0 amide bonds. The average Bonchev–Trinajstić information content (AvgIpc) is 3.27. The Morgan fingerprint density at radius 2 is 1.83 bits per heavy atom. The minimum Gasteiger partial charge on any atom is -0.369 e. The van der Waals surface area contributed by atoms with Crippen molar-refractivity contribution in [3.63, 3.8) is 0 Å².